The summed E-state index contributed by atoms with van der Waals surface area (Å²) < 4.78 is 46.0. The van der Waals surface area contributed by atoms with E-state index in [9.17, 15) is 18.3 Å². The van der Waals surface area contributed by atoms with Gasteiger partial charge in [0.25, 0.3) is 0 Å². The Morgan fingerprint density at radius 1 is 1.12 bits per heavy atom. The maximum absolute atomic E-state index is 13.4. The van der Waals surface area contributed by atoms with Crippen LogP contribution < -0.4 is 4.74 Å². The topological polar surface area (TPSA) is 35.9 Å². The van der Waals surface area contributed by atoms with Gasteiger partial charge in [-0.3, -0.25) is 9.80 Å². The second-order valence-electron chi connectivity index (χ2n) is 9.11. The zero-order chi connectivity index (χ0) is 22.9. The first-order valence-electron chi connectivity index (χ1n) is 11.3. The standard InChI is InChI=1S/C25H31F3N2O2/c1-3-18-15-29(16-18)12-13-32-22-7-4-20(5-8-22)24(2)23-9-6-21(31)14-19(23)10-11-30(24)17-25(26,27)28/h4-9,14,18,31H,3,10-13,15-17H2,1-2H3/t24-/m0/s1. The Hall–Kier alpha value is -2.25. The molecule has 2 heterocycles. The highest BCUT2D eigenvalue weighted by atomic mass is 19.4. The molecule has 7 heteroatoms. The normalized spacial score (nSPS) is 22.4. The van der Waals surface area contributed by atoms with Gasteiger partial charge in [-0.15, -0.1) is 0 Å². The molecule has 1 atom stereocenters. The predicted octanol–water partition coefficient (Wildman–Crippen LogP) is 4.80. The number of halogens is 3. The summed E-state index contributed by atoms with van der Waals surface area (Å²) in [6, 6.07) is 12.3. The van der Waals surface area contributed by atoms with Gasteiger partial charge in [0.15, 0.2) is 0 Å². The van der Waals surface area contributed by atoms with E-state index in [0.717, 1.165) is 42.2 Å². The van der Waals surface area contributed by atoms with E-state index in [4.69, 9.17) is 4.74 Å². The molecule has 1 fully saturated rings. The Labute approximate surface area is 187 Å². The molecule has 2 aromatic carbocycles. The lowest BCUT2D eigenvalue weighted by atomic mass is 9.77. The molecule has 0 spiro atoms. The first-order valence-corrected chi connectivity index (χ1v) is 11.3. The molecular formula is C25H31F3N2O2. The van der Waals surface area contributed by atoms with Crippen molar-refractivity contribution in [3.63, 3.8) is 0 Å². The average Bonchev–Trinajstić information content (AvgIpc) is 2.71. The van der Waals surface area contributed by atoms with Crippen LogP contribution in [-0.4, -0.2) is 60.4 Å². The van der Waals surface area contributed by atoms with E-state index in [1.165, 1.54) is 11.3 Å². The number of fused-ring (bicyclic) bond motifs is 1. The summed E-state index contributed by atoms with van der Waals surface area (Å²) in [6.45, 7) is 7.04. The lowest BCUT2D eigenvalue weighted by Crippen LogP contribution is -2.52. The predicted molar refractivity (Wildman–Crippen MR) is 118 cm³/mol. The fourth-order valence-electron chi connectivity index (χ4n) is 4.99. The minimum Gasteiger partial charge on any atom is -0.508 e. The Morgan fingerprint density at radius 3 is 2.50 bits per heavy atom. The highest BCUT2D eigenvalue weighted by Gasteiger charge is 2.45. The minimum atomic E-state index is -4.30. The van der Waals surface area contributed by atoms with Crippen LogP contribution in [0.4, 0.5) is 13.2 Å². The van der Waals surface area contributed by atoms with Crippen molar-refractivity contribution in [1.82, 2.24) is 9.80 Å². The fourth-order valence-corrected chi connectivity index (χ4v) is 4.99. The highest BCUT2D eigenvalue weighted by molar-refractivity contribution is 5.48. The van der Waals surface area contributed by atoms with Crippen LogP contribution in [0.25, 0.3) is 0 Å². The second-order valence-corrected chi connectivity index (χ2v) is 9.11. The quantitative estimate of drug-likeness (QED) is 0.660. The summed E-state index contributed by atoms with van der Waals surface area (Å²) in [5, 5.41) is 9.88. The number of hydrogen-bond donors (Lipinski definition) is 1. The van der Waals surface area contributed by atoms with Crippen molar-refractivity contribution in [2.24, 2.45) is 5.92 Å². The van der Waals surface area contributed by atoms with Crippen LogP contribution >= 0.6 is 0 Å². The summed E-state index contributed by atoms with van der Waals surface area (Å²) in [7, 11) is 0. The molecule has 4 nitrogen and oxygen atoms in total. The van der Waals surface area contributed by atoms with E-state index < -0.39 is 18.3 Å². The third-order valence-electron chi connectivity index (χ3n) is 6.97. The number of rotatable bonds is 7. The van der Waals surface area contributed by atoms with Gasteiger partial charge in [-0.25, -0.2) is 0 Å². The van der Waals surface area contributed by atoms with E-state index in [1.807, 2.05) is 31.2 Å². The third kappa shape index (κ3) is 4.74. The van der Waals surface area contributed by atoms with Crippen molar-refractivity contribution in [3.8, 4) is 11.5 Å². The summed E-state index contributed by atoms with van der Waals surface area (Å²) >= 11 is 0. The molecule has 0 unspecified atom stereocenters. The SMILES string of the molecule is CCC1CN(CCOc2ccc([C@@]3(C)c4ccc(O)cc4CCN3CC(F)(F)F)cc2)C1. The van der Waals surface area contributed by atoms with Crippen molar-refractivity contribution in [2.45, 2.75) is 38.4 Å². The zero-order valence-corrected chi connectivity index (χ0v) is 18.7. The molecular weight excluding hydrogens is 417 g/mol. The Bertz CT molecular complexity index is 926. The molecule has 0 aromatic heterocycles. The van der Waals surface area contributed by atoms with E-state index in [2.05, 4.69) is 11.8 Å². The maximum Gasteiger partial charge on any atom is 0.401 e. The van der Waals surface area contributed by atoms with Crippen LogP contribution in [0.3, 0.4) is 0 Å². The van der Waals surface area contributed by atoms with Gasteiger partial charge in [0, 0.05) is 26.2 Å². The smallest absolute Gasteiger partial charge is 0.401 e. The number of hydrogen-bond acceptors (Lipinski definition) is 4. The number of benzene rings is 2. The van der Waals surface area contributed by atoms with Crippen LogP contribution in [0.15, 0.2) is 42.5 Å². The minimum absolute atomic E-state index is 0.131. The van der Waals surface area contributed by atoms with Gasteiger partial charge < -0.3 is 9.84 Å². The molecule has 4 rings (SSSR count). The Balaban J connectivity index is 1.52. The lowest BCUT2D eigenvalue weighted by molar-refractivity contribution is -0.157. The summed E-state index contributed by atoms with van der Waals surface area (Å²) in [5.74, 6) is 1.65. The number of phenols is 1. The molecule has 0 aliphatic carbocycles. The van der Waals surface area contributed by atoms with E-state index in [1.54, 1.807) is 18.2 Å². The molecule has 0 saturated carbocycles. The number of nitrogens with zero attached hydrogens (tertiary/aromatic N) is 2. The van der Waals surface area contributed by atoms with Gasteiger partial charge in [0.05, 0.1) is 12.1 Å². The molecule has 2 aliphatic rings. The van der Waals surface area contributed by atoms with Crippen molar-refractivity contribution in [1.29, 1.82) is 0 Å². The third-order valence-corrected chi connectivity index (χ3v) is 6.97. The van der Waals surface area contributed by atoms with E-state index in [-0.39, 0.29) is 12.3 Å². The van der Waals surface area contributed by atoms with Crippen LogP contribution in [0, 0.1) is 5.92 Å². The number of likely N-dealkylation sites (tertiary alicyclic amines) is 1. The molecule has 1 saturated heterocycles. The Kier molecular flexibility index (Phi) is 6.41. The highest BCUT2D eigenvalue weighted by Crippen LogP contribution is 2.43. The largest absolute Gasteiger partial charge is 0.508 e. The number of ether oxygens (including phenoxy) is 1. The van der Waals surface area contributed by atoms with Crippen molar-refractivity contribution >= 4 is 0 Å². The van der Waals surface area contributed by atoms with Gasteiger partial charge in [-0.2, -0.15) is 13.2 Å². The molecule has 174 valence electrons. The molecule has 0 amide bonds. The monoisotopic (exact) mass is 448 g/mol. The fraction of sp³-hybridized carbons (Fsp3) is 0.520. The van der Waals surface area contributed by atoms with Crippen molar-refractivity contribution in [2.75, 3.05) is 39.3 Å². The summed E-state index contributed by atoms with van der Waals surface area (Å²) in [5.41, 5.74) is 1.49. The van der Waals surface area contributed by atoms with Gasteiger partial charge in [-0.05, 0) is 60.2 Å². The van der Waals surface area contributed by atoms with Crippen LogP contribution in [-0.2, 0) is 12.0 Å². The number of phenolic OH excluding ortho intramolecular Hbond substituents is 1. The Morgan fingerprint density at radius 2 is 1.84 bits per heavy atom. The number of alkyl halides is 3. The maximum atomic E-state index is 13.4. The number of aromatic hydroxyl groups is 1. The van der Waals surface area contributed by atoms with Crippen molar-refractivity contribution < 1.29 is 23.0 Å². The van der Waals surface area contributed by atoms with Crippen LogP contribution in [0.5, 0.6) is 11.5 Å². The van der Waals surface area contributed by atoms with Crippen LogP contribution in [0.1, 0.15) is 37.0 Å². The first-order chi connectivity index (χ1) is 15.2. The summed E-state index contributed by atoms with van der Waals surface area (Å²) in [6.07, 6.45) is -2.62. The molecule has 1 N–H and O–H groups in total. The van der Waals surface area contributed by atoms with E-state index in [0.29, 0.717) is 18.8 Å². The van der Waals surface area contributed by atoms with Gasteiger partial charge >= 0.3 is 6.18 Å². The zero-order valence-electron chi connectivity index (χ0n) is 18.7. The molecule has 0 radical (unpaired) electrons. The molecule has 32 heavy (non-hydrogen) atoms. The van der Waals surface area contributed by atoms with Gasteiger partial charge in [-0.1, -0.05) is 31.5 Å². The van der Waals surface area contributed by atoms with Gasteiger partial charge in [0.2, 0.25) is 0 Å². The average molecular weight is 449 g/mol. The second kappa shape index (κ2) is 8.94. The molecule has 0 bridgehead atoms. The van der Waals surface area contributed by atoms with E-state index >= 15 is 0 Å². The van der Waals surface area contributed by atoms with Gasteiger partial charge in [0.1, 0.15) is 18.1 Å². The van der Waals surface area contributed by atoms with Crippen molar-refractivity contribution in [3.05, 3.63) is 59.2 Å². The molecule has 2 aromatic rings. The van der Waals surface area contributed by atoms with Crippen LogP contribution in [0.2, 0.25) is 0 Å². The molecule has 2 aliphatic heterocycles. The lowest BCUT2D eigenvalue weighted by Gasteiger charge is -2.47. The first kappa shape index (κ1) is 22.9. The summed E-state index contributed by atoms with van der Waals surface area (Å²) in [4.78, 5) is 3.85.